The van der Waals surface area contributed by atoms with Crippen molar-refractivity contribution in [2.75, 3.05) is 20.0 Å². The van der Waals surface area contributed by atoms with Gasteiger partial charge in [0.25, 0.3) is 5.91 Å². The van der Waals surface area contributed by atoms with Crippen molar-refractivity contribution in [3.8, 4) is 11.5 Å². The quantitative estimate of drug-likeness (QED) is 0.466. The Morgan fingerprint density at radius 1 is 1.21 bits per heavy atom. The number of nitrogens with zero attached hydrogens (tertiary/aromatic N) is 6. The first kappa shape index (κ1) is 23.2. The molecule has 0 radical (unpaired) electrons. The normalized spacial score (nSPS) is 16.1. The van der Waals surface area contributed by atoms with Crippen molar-refractivity contribution < 1.29 is 14.3 Å². The van der Waals surface area contributed by atoms with Gasteiger partial charge in [0.05, 0.1) is 42.1 Å². The predicted octanol–water partition coefficient (Wildman–Crippen LogP) is 3.98. The molecule has 2 aromatic heterocycles. The van der Waals surface area contributed by atoms with E-state index in [0.29, 0.717) is 23.1 Å². The molecule has 0 spiro atoms. The molecule has 0 bridgehead atoms. The summed E-state index contributed by atoms with van der Waals surface area (Å²) in [5.41, 5.74) is 1.54. The Labute approximate surface area is 200 Å². The van der Waals surface area contributed by atoms with Crippen LogP contribution in [-0.2, 0) is 10.3 Å². The monoisotopic (exact) mass is 486 g/mol. The zero-order valence-electron chi connectivity index (χ0n) is 19.2. The van der Waals surface area contributed by atoms with Crippen LogP contribution < -0.4 is 9.47 Å². The third kappa shape index (κ3) is 4.88. The maximum absolute atomic E-state index is 13.3. The molecule has 174 valence electrons. The Kier molecular flexibility index (Phi) is 6.71. The second-order valence-electron chi connectivity index (χ2n) is 8.43. The van der Waals surface area contributed by atoms with Gasteiger partial charge in [-0.05, 0) is 60.3 Å². The third-order valence-corrected chi connectivity index (χ3v) is 6.99. The van der Waals surface area contributed by atoms with E-state index in [4.69, 9.17) is 14.6 Å². The van der Waals surface area contributed by atoms with E-state index < -0.39 is 0 Å². The molecular weight excluding hydrogens is 460 g/mol. The number of hydrogen-bond donors (Lipinski definition) is 0. The van der Waals surface area contributed by atoms with E-state index in [2.05, 4.69) is 15.5 Å². The lowest BCUT2D eigenvalue weighted by atomic mass is 10.0. The highest BCUT2D eigenvalue weighted by Crippen LogP contribution is 2.38. The Balaban J connectivity index is 1.60. The number of tetrazole rings is 1. The fourth-order valence-electron chi connectivity index (χ4n) is 3.53. The second kappa shape index (κ2) is 9.52. The molecule has 0 unspecified atom stereocenters. The molecule has 4 rings (SSSR count). The molecule has 0 saturated carbocycles. The van der Waals surface area contributed by atoms with Crippen molar-refractivity contribution in [2.45, 2.75) is 43.9 Å². The highest BCUT2D eigenvalue weighted by atomic mass is 32.2. The highest BCUT2D eigenvalue weighted by molar-refractivity contribution is 7.99. The number of aromatic nitrogens is 4. The third-order valence-electron chi connectivity index (χ3n) is 5.16. The number of rotatable bonds is 7. The lowest BCUT2D eigenvalue weighted by molar-refractivity contribution is -0.130. The number of carbonyl (C=O) groups excluding carboxylic acids is 1. The number of hydrazone groups is 1. The van der Waals surface area contributed by atoms with Crippen molar-refractivity contribution in [1.82, 2.24) is 25.2 Å². The first-order valence-electron chi connectivity index (χ1n) is 10.4. The smallest absolute Gasteiger partial charge is 0.253 e. The maximum Gasteiger partial charge on any atom is 0.253 e. The molecule has 1 aliphatic heterocycles. The molecule has 0 aliphatic carbocycles. The zero-order valence-corrected chi connectivity index (χ0v) is 20.8. The predicted molar refractivity (Wildman–Crippen MR) is 128 cm³/mol. The van der Waals surface area contributed by atoms with Gasteiger partial charge < -0.3 is 9.47 Å². The van der Waals surface area contributed by atoms with Gasteiger partial charge in [-0.2, -0.15) is 5.10 Å². The van der Waals surface area contributed by atoms with Crippen molar-refractivity contribution in [1.29, 1.82) is 0 Å². The van der Waals surface area contributed by atoms with Crippen LogP contribution in [0.1, 0.15) is 43.7 Å². The Morgan fingerprint density at radius 2 is 2.00 bits per heavy atom. The largest absolute Gasteiger partial charge is 0.493 e. The van der Waals surface area contributed by atoms with E-state index in [1.165, 1.54) is 11.8 Å². The van der Waals surface area contributed by atoms with Crippen molar-refractivity contribution in [2.24, 2.45) is 5.10 Å². The Morgan fingerprint density at radius 3 is 2.67 bits per heavy atom. The van der Waals surface area contributed by atoms with Crippen LogP contribution in [0, 0.1) is 0 Å². The summed E-state index contributed by atoms with van der Waals surface area (Å²) in [7, 11) is 3.20. The van der Waals surface area contributed by atoms with Gasteiger partial charge >= 0.3 is 0 Å². The number of benzene rings is 1. The van der Waals surface area contributed by atoms with Crippen LogP contribution in [0.25, 0.3) is 0 Å². The Hall–Kier alpha value is -2.92. The lowest BCUT2D eigenvalue weighted by Gasteiger charge is -2.23. The summed E-state index contributed by atoms with van der Waals surface area (Å²) in [5, 5.41) is 20.8. The lowest BCUT2D eigenvalue weighted by Crippen LogP contribution is -2.29. The zero-order chi connectivity index (χ0) is 23.6. The van der Waals surface area contributed by atoms with Crippen LogP contribution in [0.4, 0.5) is 0 Å². The van der Waals surface area contributed by atoms with E-state index in [-0.39, 0.29) is 23.2 Å². The van der Waals surface area contributed by atoms with Gasteiger partial charge in [0.2, 0.25) is 5.16 Å². The van der Waals surface area contributed by atoms with E-state index in [9.17, 15) is 4.79 Å². The van der Waals surface area contributed by atoms with Crippen LogP contribution in [-0.4, -0.2) is 56.8 Å². The van der Waals surface area contributed by atoms with Crippen LogP contribution in [0.3, 0.4) is 0 Å². The summed E-state index contributed by atoms with van der Waals surface area (Å²) in [4.78, 5) is 14.4. The molecule has 3 aromatic rings. The minimum atomic E-state index is -0.283. The number of ether oxygens (including phenoxy) is 2. The fourth-order valence-corrected chi connectivity index (χ4v) is 5.17. The molecule has 1 aliphatic rings. The average Bonchev–Trinajstić information content (AvgIpc) is 3.56. The highest BCUT2D eigenvalue weighted by Gasteiger charge is 2.34. The molecule has 0 saturated heterocycles. The van der Waals surface area contributed by atoms with Gasteiger partial charge in [-0.3, -0.25) is 4.79 Å². The minimum absolute atomic E-state index is 0.116. The van der Waals surface area contributed by atoms with Gasteiger partial charge in [-0.15, -0.1) is 16.4 Å². The van der Waals surface area contributed by atoms with E-state index in [1.54, 1.807) is 35.2 Å². The maximum atomic E-state index is 13.3. The summed E-state index contributed by atoms with van der Waals surface area (Å²) in [6, 6.07) is 9.48. The van der Waals surface area contributed by atoms with E-state index in [1.807, 2.05) is 56.5 Å². The molecule has 0 fully saturated rings. The molecule has 11 heteroatoms. The molecule has 1 atom stereocenters. The van der Waals surface area contributed by atoms with Gasteiger partial charge in [0, 0.05) is 6.42 Å². The van der Waals surface area contributed by atoms with E-state index in [0.717, 1.165) is 16.2 Å². The topological polar surface area (TPSA) is 94.7 Å². The summed E-state index contributed by atoms with van der Waals surface area (Å²) >= 11 is 2.92. The van der Waals surface area contributed by atoms with Crippen LogP contribution in [0.5, 0.6) is 11.5 Å². The number of amides is 1. The first-order chi connectivity index (χ1) is 15.8. The summed E-state index contributed by atoms with van der Waals surface area (Å²) in [5.74, 6) is 1.31. The molecular formula is C22H26N6O3S2. The molecule has 1 aromatic carbocycles. The van der Waals surface area contributed by atoms with Gasteiger partial charge in [-0.25, -0.2) is 9.69 Å². The van der Waals surface area contributed by atoms with Gasteiger partial charge in [0.1, 0.15) is 0 Å². The SMILES string of the molecule is COc1ccc([C@H]2CC(c3cccs3)=NN2C(=O)CSc2nnnn2C(C)(C)C)cc1OC. The number of hydrogen-bond acceptors (Lipinski definition) is 9. The summed E-state index contributed by atoms with van der Waals surface area (Å²) in [6.07, 6.45) is 0.617. The molecule has 9 nitrogen and oxygen atoms in total. The molecule has 33 heavy (non-hydrogen) atoms. The summed E-state index contributed by atoms with van der Waals surface area (Å²) in [6.45, 7) is 6.04. The van der Waals surface area contributed by atoms with Crippen LogP contribution >= 0.6 is 23.1 Å². The molecule has 1 amide bonds. The van der Waals surface area contributed by atoms with Crippen LogP contribution in [0.15, 0.2) is 46.0 Å². The van der Waals surface area contributed by atoms with Gasteiger partial charge in [-0.1, -0.05) is 23.9 Å². The molecule has 0 N–H and O–H groups in total. The van der Waals surface area contributed by atoms with Crippen molar-refractivity contribution in [3.63, 3.8) is 0 Å². The number of carbonyl (C=O) groups is 1. The van der Waals surface area contributed by atoms with Crippen molar-refractivity contribution in [3.05, 3.63) is 46.2 Å². The molecule has 3 heterocycles. The fraction of sp³-hybridized carbons (Fsp3) is 0.409. The van der Waals surface area contributed by atoms with Crippen LogP contribution in [0.2, 0.25) is 0 Å². The minimum Gasteiger partial charge on any atom is -0.493 e. The Bertz CT molecular complexity index is 1150. The van der Waals surface area contributed by atoms with Gasteiger partial charge in [0.15, 0.2) is 11.5 Å². The average molecular weight is 487 g/mol. The second-order valence-corrected chi connectivity index (χ2v) is 10.3. The standard InChI is InChI=1S/C22H26N6O3S2/c1-22(2,3)28-21(23-25-26-28)33-13-20(29)27-16(12-15(24-27)19-7-6-10-32-19)14-8-9-17(30-4)18(11-14)31-5/h6-11,16H,12-13H2,1-5H3/t16-/m1/s1. The number of thioether (sulfide) groups is 1. The number of thiophene rings is 1. The van der Waals surface area contributed by atoms with Crippen molar-refractivity contribution >= 4 is 34.7 Å². The first-order valence-corrected chi connectivity index (χ1v) is 12.3. The summed E-state index contributed by atoms with van der Waals surface area (Å²) < 4.78 is 12.6. The number of methoxy groups -OCH3 is 2. The van der Waals surface area contributed by atoms with E-state index >= 15 is 0 Å².